The summed E-state index contributed by atoms with van der Waals surface area (Å²) in [7, 11) is 1.32. The molecule has 0 fully saturated rings. The number of aliphatic hydroxyl groups is 1. The first-order valence-electron chi connectivity index (χ1n) is 14.3. The third-order valence-electron chi connectivity index (χ3n) is 7.28. The normalized spacial score (nSPS) is 12.5. The zero-order chi connectivity index (χ0) is 34.7. The van der Waals surface area contributed by atoms with Crippen molar-refractivity contribution in [3.63, 3.8) is 0 Å². The van der Waals surface area contributed by atoms with Gasteiger partial charge in [-0.05, 0) is 51.0 Å². The molecule has 0 spiro atoms. The highest BCUT2D eigenvalue weighted by Gasteiger charge is 2.36. The number of methoxy groups -OCH3 is 1. The monoisotopic (exact) mass is 686 g/mol. The van der Waals surface area contributed by atoms with E-state index in [4.69, 9.17) is 4.74 Å². The third-order valence-corrected chi connectivity index (χ3v) is 9.78. The first-order valence-corrected chi connectivity index (χ1v) is 16.0. The minimum absolute atomic E-state index is 0.0316. The second-order valence-corrected chi connectivity index (χ2v) is 13.8. The smallest absolute Gasteiger partial charge is 0.416 e. The van der Waals surface area contributed by atoms with E-state index in [1.54, 1.807) is 13.8 Å². The Balaban J connectivity index is 0.000000251. The molecule has 0 aliphatic carbocycles. The highest BCUT2D eigenvalue weighted by molar-refractivity contribution is 7.15. The van der Waals surface area contributed by atoms with Crippen LogP contribution in [0.15, 0.2) is 48.5 Å². The Morgan fingerprint density at radius 1 is 0.717 bits per heavy atom. The zero-order valence-electron chi connectivity index (χ0n) is 26.5. The fraction of sp³-hybridized carbons (Fsp3) is 0.424. The Morgan fingerprint density at radius 2 is 1.09 bits per heavy atom. The van der Waals surface area contributed by atoms with Crippen molar-refractivity contribution >= 4 is 28.6 Å². The number of nitrogens with zero attached hydrogens (tertiary/aromatic N) is 2. The van der Waals surface area contributed by atoms with Gasteiger partial charge in [0.05, 0.1) is 36.2 Å². The number of esters is 1. The number of hydrogen-bond donors (Lipinski definition) is 1. The van der Waals surface area contributed by atoms with Crippen molar-refractivity contribution in [1.29, 1.82) is 0 Å². The predicted molar refractivity (Wildman–Crippen MR) is 169 cm³/mol. The van der Waals surface area contributed by atoms with Gasteiger partial charge in [-0.15, -0.1) is 22.7 Å². The van der Waals surface area contributed by atoms with Crippen LogP contribution in [0.2, 0.25) is 0 Å². The molecule has 0 amide bonds. The molecule has 4 rings (SSSR count). The van der Waals surface area contributed by atoms with Crippen molar-refractivity contribution in [2.45, 2.75) is 77.6 Å². The van der Waals surface area contributed by atoms with E-state index in [-0.39, 0.29) is 6.61 Å². The number of rotatable bonds is 8. The fourth-order valence-electron chi connectivity index (χ4n) is 4.48. The number of carbonyl (C=O) groups is 1. The molecule has 0 unspecified atom stereocenters. The molecule has 4 aromatic rings. The SMILES string of the molecule is CCc1sc(-c2ccc(C(F)(F)F)cc2)nc1C(C)(C)C(=O)OC.CCc1sc(-c2ccc(C(F)(F)F)cc2)nc1C(C)(C)CO. The Morgan fingerprint density at radius 3 is 1.41 bits per heavy atom. The largest absolute Gasteiger partial charge is 0.468 e. The average molecular weight is 687 g/mol. The van der Waals surface area contributed by atoms with E-state index in [9.17, 15) is 36.2 Å². The van der Waals surface area contributed by atoms with E-state index in [0.717, 1.165) is 46.1 Å². The van der Waals surface area contributed by atoms with Crippen molar-refractivity contribution in [2.75, 3.05) is 13.7 Å². The fourth-order valence-corrected chi connectivity index (χ4v) is 6.83. The van der Waals surface area contributed by atoms with Gasteiger partial charge >= 0.3 is 18.3 Å². The van der Waals surface area contributed by atoms with Gasteiger partial charge in [0.25, 0.3) is 0 Å². The summed E-state index contributed by atoms with van der Waals surface area (Å²) >= 11 is 2.85. The van der Waals surface area contributed by atoms with Gasteiger partial charge in [0.15, 0.2) is 0 Å². The minimum Gasteiger partial charge on any atom is -0.468 e. The number of hydrogen-bond acceptors (Lipinski definition) is 7. The number of thiazole rings is 2. The highest BCUT2D eigenvalue weighted by Crippen LogP contribution is 2.38. The van der Waals surface area contributed by atoms with E-state index in [0.29, 0.717) is 33.3 Å². The summed E-state index contributed by atoms with van der Waals surface area (Å²) in [5.41, 5.74) is -0.0724. The van der Waals surface area contributed by atoms with Crippen LogP contribution in [0.1, 0.15) is 73.8 Å². The number of aliphatic hydroxyl groups excluding tert-OH is 1. The van der Waals surface area contributed by atoms with E-state index in [1.165, 1.54) is 54.0 Å². The third kappa shape index (κ3) is 8.34. The number of halogens is 6. The number of alkyl halides is 6. The lowest BCUT2D eigenvalue weighted by Crippen LogP contribution is -2.31. The van der Waals surface area contributed by atoms with Gasteiger partial charge < -0.3 is 9.84 Å². The van der Waals surface area contributed by atoms with E-state index in [2.05, 4.69) is 9.97 Å². The van der Waals surface area contributed by atoms with Gasteiger partial charge in [0.1, 0.15) is 15.4 Å². The van der Waals surface area contributed by atoms with Gasteiger partial charge in [0, 0.05) is 26.3 Å². The maximum Gasteiger partial charge on any atom is 0.416 e. The van der Waals surface area contributed by atoms with Crippen molar-refractivity contribution in [2.24, 2.45) is 0 Å². The molecule has 2 aromatic heterocycles. The van der Waals surface area contributed by atoms with Crippen molar-refractivity contribution in [1.82, 2.24) is 9.97 Å². The Labute approximate surface area is 272 Å². The lowest BCUT2D eigenvalue weighted by atomic mass is 9.88. The number of aryl methyl sites for hydroxylation is 2. The van der Waals surface area contributed by atoms with Crippen molar-refractivity contribution < 1.29 is 41.0 Å². The molecule has 0 radical (unpaired) electrons. The van der Waals surface area contributed by atoms with Gasteiger partial charge in [-0.3, -0.25) is 4.79 Å². The van der Waals surface area contributed by atoms with Crippen LogP contribution in [-0.2, 0) is 45.6 Å². The van der Waals surface area contributed by atoms with Gasteiger partial charge in [-0.25, -0.2) is 9.97 Å². The number of carbonyl (C=O) groups excluding carboxylic acids is 1. The highest BCUT2D eigenvalue weighted by atomic mass is 32.1. The summed E-state index contributed by atoms with van der Waals surface area (Å²) in [6, 6.07) is 9.89. The van der Waals surface area contributed by atoms with Gasteiger partial charge in [-0.1, -0.05) is 52.0 Å². The van der Waals surface area contributed by atoms with Crippen LogP contribution in [0.5, 0.6) is 0 Å². The molecular weight excluding hydrogens is 650 g/mol. The van der Waals surface area contributed by atoms with Crippen LogP contribution in [0.25, 0.3) is 21.1 Å². The summed E-state index contributed by atoms with van der Waals surface area (Å²) in [5.74, 6) is -0.401. The number of ether oxygens (including phenoxy) is 1. The first-order chi connectivity index (χ1) is 21.3. The quantitative estimate of drug-likeness (QED) is 0.148. The minimum atomic E-state index is -4.37. The predicted octanol–water partition coefficient (Wildman–Crippen LogP) is 9.50. The molecule has 0 bridgehead atoms. The summed E-state index contributed by atoms with van der Waals surface area (Å²) in [4.78, 5) is 23.1. The maximum atomic E-state index is 12.7. The molecule has 250 valence electrons. The molecule has 0 saturated heterocycles. The van der Waals surface area contributed by atoms with Crippen LogP contribution in [0.3, 0.4) is 0 Å². The summed E-state index contributed by atoms with van der Waals surface area (Å²) < 4.78 is 80.6. The molecule has 0 saturated carbocycles. The standard InChI is InChI=1S/C17H18F3NO2S.C16H18F3NOS/c1-5-12-13(16(2,3)15(22)23-4)21-14(24-12)10-6-8-11(9-7-10)17(18,19)20;1-4-12-13(15(2,3)9-21)20-14(22-12)10-5-7-11(8-6-10)16(17,18)19/h6-9H,5H2,1-4H3;5-8,21H,4,9H2,1-3H3. The van der Waals surface area contributed by atoms with E-state index in [1.807, 2.05) is 27.7 Å². The van der Waals surface area contributed by atoms with Crippen LogP contribution in [-0.4, -0.2) is 34.8 Å². The van der Waals surface area contributed by atoms with E-state index >= 15 is 0 Å². The lowest BCUT2D eigenvalue weighted by Gasteiger charge is -2.20. The molecule has 0 aliphatic rings. The van der Waals surface area contributed by atoms with Crippen LogP contribution in [0, 0.1) is 0 Å². The maximum absolute atomic E-state index is 12.7. The Kier molecular flexibility index (Phi) is 11.5. The van der Waals surface area contributed by atoms with Crippen LogP contribution >= 0.6 is 22.7 Å². The Hall–Kier alpha value is -3.29. The van der Waals surface area contributed by atoms with Gasteiger partial charge in [0.2, 0.25) is 0 Å². The molecule has 13 heteroatoms. The Bertz CT molecular complexity index is 1620. The van der Waals surface area contributed by atoms with Crippen molar-refractivity contribution in [3.05, 3.63) is 80.8 Å². The summed E-state index contributed by atoms with van der Waals surface area (Å²) in [5, 5.41) is 10.8. The number of benzene rings is 2. The van der Waals surface area contributed by atoms with Gasteiger partial charge in [-0.2, -0.15) is 26.3 Å². The number of aromatic nitrogens is 2. The molecule has 2 heterocycles. The molecule has 0 aliphatic heterocycles. The van der Waals surface area contributed by atoms with Crippen LogP contribution in [0.4, 0.5) is 26.3 Å². The van der Waals surface area contributed by atoms with E-state index < -0.39 is 40.3 Å². The summed E-state index contributed by atoms with van der Waals surface area (Å²) in [6.45, 7) is 11.2. The molecular formula is C33H36F6N2O3S2. The molecule has 1 N–H and O–H groups in total. The van der Waals surface area contributed by atoms with Crippen LogP contribution < -0.4 is 0 Å². The molecule has 46 heavy (non-hydrogen) atoms. The molecule has 5 nitrogen and oxygen atoms in total. The second kappa shape index (κ2) is 14.2. The molecule has 2 aromatic carbocycles. The topological polar surface area (TPSA) is 72.3 Å². The first kappa shape index (κ1) is 37.2. The average Bonchev–Trinajstić information content (AvgIpc) is 3.66. The molecule has 0 atom stereocenters. The lowest BCUT2D eigenvalue weighted by molar-refractivity contribution is -0.146. The van der Waals surface area contributed by atoms with Crippen molar-refractivity contribution in [3.8, 4) is 21.1 Å². The summed E-state index contributed by atoms with van der Waals surface area (Å²) in [6.07, 6.45) is -7.25. The zero-order valence-corrected chi connectivity index (χ0v) is 28.1. The second-order valence-electron chi connectivity index (χ2n) is 11.6.